The quantitative estimate of drug-likeness (QED) is 0.325. The average Bonchev–Trinajstić information content (AvgIpc) is 2.64. The molecule has 2 rings (SSSR count). The third kappa shape index (κ3) is 6.11. The minimum Gasteiger partial charge on any atom is -0.399 e. The van der Waals surface area contributed by atoms with E-state index in [1.165, 1.54) is 25.3 Å². The number of carbonyl (C=O) groups is 2. The third-order valence-corrected chi connectivity index (χ3v) is 5.02. The van der Waals surface area contributed by atoms with Crippen molar-refractivity contribution in [2.45, 2.75) is 12.3 Å². The van der Waals surface area contributed by atoms with Gasteiger partial charge in [0, 0.05) is 27.9 Å². The van der Waals surface area contributed by atoms with E-state index in [1.54, 1.807) is 18.2 Å². The van der Waals surface area contributed by atoms with Crippen LogP contribution in [-0.4, -0.2) is 31.6 Å². The molecule has 5 nitrogen and oxygen atoms in total. The standard InChI is InChI=1S/C19H16Cl4N2O3/c1-28-25-18(10-24-19(27)12-6-13(20)9-14(21)7-12)15(4-5-26)11-2-3-16(22)17(23)8-11/h2-3,5-9,15H,4,10H2,1H3,(H,24,27)/b25-18+. The Morgan fingerprint density at radius 1 is 1.11 bits per heavy atom. The monoisotopic (exact) mass is 460 g/mol. The van der Waals surface area contributed by atoms with Gasteiger partial charge in [-0.25, -0.2) is 0 Å². The van der Waals surface area contributed by atoms with Gasteiger partial charge in [-0.2, -0.15) is 0 Å². The SMILES string of the molecule is CO/N=C(\CNC(=O)c1cc(Cl)cc(Cl)c1)C(CC=O)c1ccc(Cl)c(Cl)c1. The number of carbonyl (C=O) groups excluding carboxylic acids is 2. The molecule has 0 saturated heterocycles. The smallest absolute Gasteiger partial charge is 0.251 e. The van der Waals surface area contributed by atoms with Gasteiger partial charge in [0.15, 0.2) is 0 Å². The molecule has 0 aliphatic rings. The molecule has 9 heteroatoms. The molecule has 0 heterocycles. The van der Waals surface area contributed by atoms with Crippen molar-refractivity contribution < 1.29 is 14.4 Å². The highest BCUT2D eigenvalue weighted by molar-refractivity contribution is 6.42. The maximum Gasteiger partial charge on any atom is 0.251 e. The van der Waals surface area contributed by atoms with Crippen LogP contribution in [0.3, 0.4) is 0 Å². The predicted molar refractivity (Wildman–Crippen MR) is 113 cm³/mol. The Bertz CT molecular complexity index is 882. The van der Waals surface area contributed by atoms with E-state index in [9.17, 15) is 9.59 Å². The van der Waals surface area contributed by atoms with E-state index in [4.69, 9.17) is 51.2 Å². The Morgan fingerprint density at radius 2 is 1.79 bits per heavy atom. The fraction of sp³-hybridized carbons (Fsp3) is 0.211. The van der Waals surface area contributed by atoms with Crippen molar-refractivity contribution in [1.29, 1.82) is 0 Å². The molecule has 1 amide bonds. The summed E-state index contributed by atoms with van der Waals surface area (Å²) in [5.74, 6) is -0.845. The number of halogens is 4. The van der Waals surface area contributed by atoms with Gasteiger partial charge in [-0.05, 0) is 35.9 Å². The van der Waals surface area contributed by atoms with Gasteiger partial charge in [0.25, 0.3) is 5.91 Å². The molecule has 0 aliphatic carbocycles. The zero-order valence-corrected chi connectivity index (χ0v) is 17.7. The summed E-state index contributed by atoms with van der Waals surface area (Å²) in [6, 6.07) is 9.56. The second-order valence-electron chi connectivity index (χ2n) is 5.73. The lowest BCUT2D eigenvalue weighted by Gasteiger charge is -2.18. The van der Waals surface area contributed by atoms with E-state index in [0.29, 0.717) is 31.4 Å². The number of rotatable bonds is 8. The van der Waals surface area contributed by atoms with Crippen molar-refractivity contribution in [3.63, 3.8) is 0 Å². The molecule has 1 N–H and O–H groups in total. The van der Waals surface area contributed by atoms with Gasteiger partial charge in [0.1, 0.15) is 13.4 Å². The Labute approximate surface area is 182 Å². The summed E-state index contributed by atoms with van der Waals surface area (Å²) in [5, 5.41) is 8.16. The number of hydrogen-bond acceptors (Lipinski definition) is 4. The number of nitrogens with zero attached hydrogens (tertiary/aromatic N) is 1. The summed E-state index contributed by atoms with van der Waals surface area (Å²) < 4.78 is 0. The molecule has 0 bridgehead atoms. The van der Waals surface area contributed by atoms with Crippen LogP contribution in [0.2, 0.25) is 20.1 Å². The van der Waals surface area contributed by atoms with Gasteiger partial charge in [-0.1, -0.05) is 57.6 Å². The van der Waals surface area contributed by atoms with Crippen LogP contribution in [0, 0.1) is 0 Å². The fourth-order valence-corrected chi connectivity index (χ4v) is 3.42. The molecular formula is C19H16Cl4N2O3. The molecule has 1 atom stereocenters. The van der Waals surface area contributed by atoms with Crippen LogP contribution in [-0.2, 0) is 9.63 Å². The van der Waals surface area contributed by atoms with Gasteiger partial charge >= 0.3 is 0 Å². The molecule has 0 spiro atoms. The first-order valence-corrected chi connectivity index (χ1v) is 9.59. The number of benzene rings is 2. The van der Waals surface area contributed by atoms with Gasteiger partial charge in [-0.3, -0.25) is 4.79 Å². The molecule has 0 radical (unpaired) electrons. The van der Waals surface area contributed by atoms with Crippen LogP contribution in [0.4, 0.5) is 0 Å². The Balaban J connectivity index is 2.24. The Hall–Kier alpha value is -1.79. The molecule has 148 valence electrons. The van der Waals surface area contributed by atoms with E-state index in [1.807, 2.05) is 0 Å². The van der Waals surface area contributed by atoms with Gasteiger partial charge in [0.2, 0.25) is 0 Å². The van der Waals surface area contributed by atoms with Gasteiger partial charge < -0.3 is 14.9 Å². The second kappa shape index (κ2) is 10.7. The first-order valence-electron chi connectivity index (χ1n) is 8.08. The Morgan fingerprint density at radius 3 is 2.36 bits per heavy atom. The molecule has 2 aromatic carbocycles. The van der Waals surface area contributed by atoms with E-state index in [0.717, 1.165) is 11.8 Å². The van der Waals surface area contributed by atoms with Gasteiger partial charge in [-0.15, -0.1) is 0 Å². The summed E-state index contributed by atoms with van der Waals surface area (Å²) in [4.78, 5) is 28.6. The average molecular weight is 462 g/mol. The molecule has 0 aromatic heterocycles. The molecule has 2 aromatic rings. The van der Waals surface area contributed by atoms with Crippen LogP contribution < -0.4 is 5.32 Å². The highest BCUT2D eigenvalue weighted by atomic mass is 35.5. The summed E-state index contributed by atoms with van der Waals surface area (Å²) in [6.45, 7) is 0.0373. The summed E-state index contributed by atoms with van der Waals surface area (Å²) >= 11 is 23.9. The molecule has 28 heavy (non-hydrogen) atoms. The number of nitrogens with one attached hydrogen (secondary N) is 1. The zero-order chi connectivity index (χ0) is 20.7. The zero-order valence-electron chi connectivity index (χ0n) is 14.7. The minimum absolute atomic E-state index is 0.0373. The van der Waals surface area contributed by atoms with E-state index >= 15 is 0 Å². The lowest BCUT2D eigenvalue weighted by atomic mass is 9.91. The van der Waals surface area contributed by atoms with Crippen LogP contribution in [0.5, 0.6) is 0 Å². The van der Waals surface area contributed by atoms with Crippen molar-refractivity contribution in [3.8, 4) is 0 Å². The highest BCUT2D eigenvalue weighted by Crippen LogP contribution is 2.29. The number of hydrogen-bond donors (Lipinski definition) is 1. The number of oxime groups is 1. The third-order valence-electron chi connectivity index (χ3n) is 3.84. The van der Waals surface area contributed by atoms with E-state index in [2.05, 4.69) is 10.5 Å². The predicted octanol–water partition coefficient (Wildman–Crippen LogP) is 5.41. The van der Waals surface area contributed by atoms with Crippen molar-refractivity contribution in [2.75, 3.05) is 13.7 Å². The lowest BCUT2D eigenvalue weighted by molar-refractivity contribution is -0.107. The van der Waals surface area contributed by atoms with Crippen LogP contribution >= 0.6 is 46.4 Å². The largest absolute Gasteiger partial charge is 0.399 e. The highest BCUT2D eigenvalue weighted by Gasteiger charge is 2.21. The number of aldehydes is 1. The summed E-state index contributed by atoms with van der Waals surface area (Å²) in [5.41, 5.74) is 1.46. The normalized spacial score (nSPS) is 12.4. The maximum atomic E-state index is 12.4. The maximum absolute atomic E-state index is 12.4. The molecule has 0 aliphatic heterocycles. The summed E-state index contributed by atoms with van der Waals surface area (Å²) in [7, 11) is 1.38. The first-order chi connectivity index (χ1) is 13.3. The molecular weight excluding hydrogens is 446 g/mol. The molecule has 1 unspecified atom stereocenters. The van der Waals surface area contributed by atoms with Crippen molar-refractivity contribution in [2.24, 2.45) is 5.16 Å². The fourth-order valence-electron chi connectivity index (χ4n) is 2.58. The van der Waals surface area contributed by atoms with Crippen molar-refractivity contribution >= 4 is 64.3 Å². The minimum atomic E-state index is -0.449. The van der Waals surface area contributed by atoms with E-state index < -0.39 is 11.8 Å². The van der Waals surface area contributed by atoms with Crippen LogP contribution in [0.15, 0.2) is 41.6 Å². The first kappa shape index (κ1) is 22.5. The van der Waals surface area contributed by atoms with E-state index in [-0.39, 0.29) is 13.0 Å². The lowest BCUT2D eigenvalue weighted by Crippen LogP contribution is -2.33. The summed E-state index contributed by atoms with van der Waals surface area (Å²) in [6.07, 6.45) is 0.885. The van der Waals surface area contributed by atoms with Crippen LogP contribution in [0.25, 0.3) is 0 Å². The van der Waals surface area contributed by atoms with Crippen molar-refractivity contribution in [3.05, 3.63) is 67.6 Å². The topological polar surface area (TPSA) is 67.8 Å². The van der Waals surface area contributed by atoms with Crippen molar-refractivity contribution in [1.82, 2.24) is 5.32 Å². The van der Waals surface area contributed by atoms with Crippen LogP contribution in [0.1, 0.15) is 28.3 Å². The second-order valence-corrected chi connectivity index (χ2v) is 7.42. The number of amides is 1. The molecule has 0 saturated carbocycles. The van der Waals surface area contributed by atoms with Gasteiger partial charge in [0.05, 0.1) is 22.3 Å². The molecule has 0 fully saturated rings. The Kier molecular flexibility index (Phi) is 8.58.